The molecule has 0 aliphatic carbocycles. The maximum absolute atomic E-state index is 11.6. The van der Waals surface area contributed by atoms with Crippen molar-refractivity contribution in [2.45, 2.75) is 6.92 Å². The number of aromatic nitrogens is 2. The Balaban J connectivity index is 1.97. The Morgan fingerprint density at radius 1 is 1.24 bits per heavy atom. The predicted octanol–water partition coefficient (Wildman–Crippen LogP) is 2.78. The van der Waals surface area contributed by atoms with Crippen LogP contribution < -0.4 is 5.73 Å². The number of ether oxygens (including phenoxy) is 1. The number of fused-ring (bicyclic) bond motifs is 1. The number of nitrogens with two attached hydrogens (primary N) is 1. The van der Waals surface area contributed by atoms with E-state index in [9.17, 15) is 4.79 Å². The largest absolute Gasteiger partial charge is 0.462 e. The number of hydrogen-bond acceptors (Lipinski definition) is 4. The third-order valence-corrected chi connectivity index (χ3v) is 3.22. The van der Waals surface area contributed by atoms with Crippen LogP contribution in [0, 0.1) is 0 Å². The fraction of sp³-hybridized carbons (Fsp3) is 0.125. The Hall–Kier alpha value is -2.82. The van der Waals surface area contributed by atoms with Crippen molar-refractivity contribution in [3.05, 3.63) is 54.2 Å². The standard InChI is InChI=1S/C16H15N3O2/c1-2-21-16(20)11-3-6-14(7-4-11)19-15-8-5-13(17)9-12(15)10-18-19/h3-10H,2,17H2,1H3. The molecule has 0 atom stereocenters. The molecule has 0 fully saturated rings. The first-order valence-electron chi connectivity index (χ1n) is 6.70. The van der Waals surface area contributed by atoms with Crippen LogP contribution in [0.2, 0.25) is 0 Å². The van der Waals surface area contributed by atoms with Crippen molar-refractivity contribution >= 4 is 22.6 Å². The molecule has 106 valence electrons. The van der Waals surface area contributed by atoms with Crippen molar-refractivity contribution in [2.24, 2.45) is 0 Å². The molecule has 0 aliphatic heterocycles. The van der Waals surface area contributed by atoms with Crippen LogP contribution in [0.5, 0.6) is 0 Å². The Labute approximate surface area is 121 Å². The maximum atomic E-state index is 11.6. The molecule has 0 bridgehead atoms. The molecule has 5 heteroatoms. The van der Waals surface area contributed by atoms with Crippen LogP contribution in [-0.4, -0.2) is 22.4 Å². The van der Waals surface area contributed by atoms with Crippen molar-refractivity contribution in [1.29, 1.82) is 0 Å². The number of esters is 1. The lowest BCUT2D eigenvalue weighted by molar-refractivity contribution is 0.0526. The molecule has 21 heavy (non-hydrogen) atoms. The molecular formula is C16H15N3O2. The summed E-state index contributed by atoms with van der Waals surface area (Å²) in [5.74, 6) is -0.317. The number of nitrogen functional groups attached to an aromatic ring is 1. The number of carbonyl (C=O) groups excluding carboxylic acids is 1. The first-order chi connectivity index (χ1) is 10.2. The first kappa shape index (κ1) is 13.2. The minimum Gasteiger partial charge on any atom is -0.462 e. The predicted molar refractivity (Wildman–Crippen MR) is 81.4 cm³/mol. The summed E-state index contributed by atoms with van der Waals surface area (Å²) in [6.07, 6.45) is 1.77. The number of carbonyl (C=O) groups is 1. The quantitative estimate of drug-likeness (QED) is 0.592. The van der Waals surface area contributed by atoms with E-state index in [0.29, 0.717) is 17.9 Å². The van der Waals surface area contributed by atoms with Gasteiger partial charge in [0.05, 0.1) is 29.6 Å². The second-order valence-corrected chi connectivity index (χ2v) is 4.64. The smallest absolute Gasteiger partial charge is 0.338 e. The highest BCUT2D eigenvalue weighted by Crippen LogP contribution is 2.21. The first-order valence-corrected chi connectivity index (χ1v) is 6.70. The van der Waals surface area contributed by atoms with E-state index < -0.39 is 0 Å². The Bertz CT molecular complexity index is 791. The van der Waals surface area contributed by atoms with E-state index in [1.165, 1.54) is 0 Å². The van der Waals surface area contributed by atoms with E-state index in [-0.39, 0.29) is 5.97 Å². The summed E-state index contributed by atoms with van der Waals surface area (Å²) in [5.41, 5.74) is 8.85. The van der Waals surface area contributed by atoms with E-state index in [4.69, 9.17) is 10.5 Å². The van der Waals surface area contributed by atoms with Crippen LogP contribution in [0.1, 0.15) is 17.3 Å². The van der Waals surface area contributed by atoms with Gasteiger partial charge in [0.2, 0.25) is 0 Å². The molecule has 2 N–H and O–H groups in total. The van der Waals surface area contributed by atoms with Crippen molar-refractivity contribution in [3.8, 4) is 5.69 Å². The lowest BCUT2D eigenvalue weighted by Gasteiger charge is -2.06. The van der Waals surface area contributed by atoms with Gasteiger partial charge in [0.15, 0.2) is 0 Å². The average molecular weight is 281 g/mol. The van der Waals surface area contributed by atoms with Crippen LogP contribution in [0.15, 0.2) is 48.7 Å². The number of benzene rings is 2. The van der Waals surface area contributed by atoms with Gasteiger partial charge in [-0.2, -0.15) is 5.10 Å². The lowest BCUT2D eigenvalue weighted by Crippen LogP contribution is -2.05. The third kappa shape index (κ3) is 2.45. The monoisotopic (exact) mass is 281 g/mol. The van der Waals surface area contributed by atoms with E-state index in [0.717, 1.165) is 16.6 Å². The number of hydrogen-bond donors (Lipinski definition) is 1. The highest BCUT2D eigenvalue weighted by atomic mass is 16.5. The van der Waals surface area contributed by atoms with E-state index in [2.05, 4.69) is 5.10 Å². The summed E-state index contributed by atoms with van der Waals surface area (Å²) in [6.45, 7) is 2.15. The molecule has 0 unspecified atom stereocenters. The SMILES string of the molecule is CCOC(=O)c1ccc(-n2ncc3cc(N)ccc32)cc1. The molecule has 0 spiro atoms. The van der Waals surface area contributed by atoms with Crippen molar-refractivity contribution in [3.63, 3.8) is 0 Å². The minimum atomic E-state index is -0.317. The van der Waals surface area contributed by atoms with Crippen molar-refractivity contribution in [2.75, 3.05) is 12.3 Å². The summed E-state index contributed by atoms with van der Waals surface area (Å²) in [6, 6.07) is 12.8. The summed E-state index contributed by atoms with van der Waals surface area (Å²) in [4.78, 5) is 11.6. The number of nitrogens with zero attached hydrogens (tertiary/aromatic N) is 2. The molecule has 0 saturated carbocycles. The molecule has 5 nitrogen and oxygen atoms in total. The van der Waals surface area contributed by atoms with Gasteiger partial charge >= 0.3 is 5.97 Å². The van der Waals surface area contributed by atoms with Gasteiger partial charge in [-0.25, -0.2) is 9.48 Å². The van der Waals surface area contributed by atoms with Crippen molar-refractivity contribution < 1.29 is 9.53 Å². The Morgan fingerprint density at radius 2 is 2.00 bits per heavy atom. The molecule has 0 amide bonds. The van der Waals surface area contributed by atoms with E-state index in [1.807, 2.05) is 35.0 Å². The molecule has 0 aliphatic rings. The highest BCUT2D eigenvalue weighted by Gasteiger charge is 2.08. The highest BCUT2D eigenvalue weighted by molar-refractivity contribution is 5.89. The summed E-state index contributed by atoms with van der Waals surface area (Å²) >= 11 is 0. The Morgan fingerprint density at radius 3 is 2.71 bits per heavy atom. The number of rotatable bonds is 3. The van der Waals surface area contributed by atoms with E-state index >= 15 is 0 Å². The van der Waals surface area contributed by atoms with Crippen LogP contribution in [0.4, 0.5) is 5.69 Å². The molecule has 1 aromatic heterocycles. The zero-order chi connectivity index (χ0) is 14.8. The normalized spacial score (nSPS) is 10.7. The lowest BCUT2D eigenvalue weighted by atomic mass is 10.2. The van der Waals surface area contributed by atoms with E-state index in [1.54, 1.807) is 25.3 Å². The molecule has 3 aromatic rings. The summed E-state index contributed by atoms with van der Waals surface area (Å²) in [5, 5.41) is 5.34. The molecule has 1 heterocycles. The average Bonchev–Trinajstić information content (AvgIpc) is 2.90. The topological polar surface area (TPSA) is 70.1 Å². The molecular weight excluding hydrogens is 266 g/mol. The molecule has 3 rings (SSSR count). The Kier molecular flexibility index (Phi) is 3.31. The van der Waals surface area contributed by atoms with Gasteiger partial charge in [-0.05, 0) is 49.4 Å². The fourth-order valence-corrected chi connectivity index (χ4v) is 2.21. The van der Waals surface area contributed by atoms with Gasteiger partial charge in [0, 0.05) is 11.1 Å². The number of anilines is 1. The molecule has 0 radical (unpaired) electrons. The van der Waals surface area contributed by atoms with Gasteiger partial charge < -0.3 is 10.5 Å². The zero-order valence-corrected chi connectivity index (χ0v) is 11.6. The molecule has 0 saturated heterocycles. The molecule has 2 aromatic carbocycles. The zero-order valence-electron chi connectivity index (χ0n) is 11.6. The summed E-state index contributed by atoms with van der Waals surface area (Å²) in [7, 11) is 0. The van der Waals surface area contributed by atoms with Gasteiger partial charge in [-0.15, -0.1) is 0 Å². The van der Waals surface area contributed by atoms with Gasteiger partial charge in [0.25, 0.3) is 0 Å². The van der Waals surface area contributed by atoms with Gasteiger partial charge in [-0.1, -0.05) is 0 Å². The summed E-state index contributed by atoms with van der Waals surface area (Å²) < 4.78 is 6.78. The van der Waals surface area contributed by atoms with Crippen molar-refractivity contribution in [1.82, 2.24) is 9.78 Å². The van der Waals surface area contributed by atoms with Crippen LogP contribution in [-0.2, 0) is 4.74 Å². The second-order valence-electron chi connectivity index (χ2n) is 4.64. The minimum absolute atomic E-state index is 0.317. The van der Waals surface area contributed by atoms with Crippen LogP contribution in [0.3, 0.4) is 0 Å². The van der Waals surface area contributed by atoms with Crippen LogP contribution in [0.25, 0.3) is 16.6 Å². The van der Waals surface area contributed by atoms with Gasteiger partial charge in [0.1, 0.15) is 0 Å². The van der Waals surface area contributed by atoms with Gasteiger partial charge in [-0.3, -0.25) is 0 Å². The fourth-order valence-electron chi connectivity index (χ4n) is 2.21. The maximum Gasteiger partial charge on any atom is 0.338 e. The van der Waals surface area contributed by atoms with Crippen LogP contribution >= 0.6 is 0 Å². The third-order valence-electron chi connectivity index (χ3n) is 3.22. The second kappa shape index (κ2) is 5.28.